The van der Waals surface area contributed by atoms with Gasteiger partial charge in [0.2, 0.25) is 11.8 Å². The van der Waals surface area contributed by atoms with E-state index in [0.29, 0.717) is 33.4 Å². The fourth-order valence-electron chi connectivity index (χ4n) is 5.21. The van der Waals surface area contributed by atoms with Crippen LogP contribution in [0.4, 0.5) is 0 Å². The van der Waals surface area contributed by atoms with Crippen LogP contribution in [0.2, 0.25) is 0 Å². The van der Waals surface area contributed by atoms with E-state index < -0.39 is 0 Å². The molecule has 2 fully saturated rings. The van der Waals surface area contributed by atoms with Crippen LogP contribution in [0.1, 0.15) is 65.6 Å². The number of carbonyl (C=O) groups is 3. The maximum absolute atomic E-state index is 13.0. The van der Waals surface area contributed by atoms with E-state index in [2.05, 4.69) is 0 Å². The monoisotopic (exact) mass is 486 g/mol. The Labute approximate surface area is 210 Å². The summed E-state index contributed by atoms with van der Waals surface area (Å²) in [6.45, 7) is 2.95. The van der Waals surface area contributed by atoms with Gasteiger partial charge in [0.05, 0.1) is 0 Å². The summed E-state index contributed by atoms with van der Waals surface area (Å²) < 4.78 is 0. The number of benzene rings is 2. The Bertz CT molecular complexity index is 1180. The summed E-state index contributed by atoms with van der Waals surface area (Å²) in [6, 6.07) is 6.21. The van der Waals surface area contributed by atoms with E-state index in [1.165, 1.54) is 24.3 Å². The molecule has 0 unspecified atom stereocenters. The lowest BCUT2D eigenvalue weighted by molar-refractivity contribution is -0.127. The Morgan fingerprint density at radius 2 is 1.00 bits per heavy atom. The zero-order valence-electron chi connectivity index (χ0n) is 20.2. The third-order valence-electron chi connectivity index (χ3n) is 7.26. The number of carbonyl (C=O) groups excluding carboxylic acids is 3. The van der Waals surface area contributed by atoms with Crippen molar-refractivity contribution in [1.29, 1.82) is 0 Å². The number of amides is 2. The number of fused-ring (bicyclic) bond motifs is 3. The number of rotatable bonds is 4. The second-order valence-electron chi connectivity index (χ2n) is 9.68. The van der Waals surface area contributed by atoms with Crippen molar-refractivity contribution in [3.05, 3.63) is 58.7 Å². The van der Waals surface area contributed by atoms with Crippen LogP contribution in [0.25, 0.3) is 23.3 Å². The maximum atomic E-state index is 13.0. The highest BCUT2D eigenvalue weighted by atomic mass is 16.3. The molecule has 0 radical (unpaired) electrons. The van der Waals surface area contributed by atoms with Gasteiger partial charge < -0.3 is 20.0 Å². The third kappa shape index (κ3) is 4.65. The first-order chi connectivity index (χ1) is 17.4. The van der Waals surface area contributed by atoms with Crippen molar-refractivity contribution in [3.8, 4) is 22.6 Å². The molecule has 186 valence electrons. The number of phenolic OH excluding ortho intramolecular Hbond substituents is 2. The van der Waals surface area contributed by atoms with Crippen molar-refractivity contribution in [2.75, 3.05) is 26.2 Å². The maximum Gasteiger partial charge on any atom is 0.246 e. The zero-order valence-corrected chi connectivity index (χ0v) is 20.2. The molecule has 5 rings (SSSR count). The van der Waals surface area contributed by atoms with E-state index >= 15 is 0 Å². The summed E-state index contributed by atoms with van der Waals surface area (Å²) in [7, 11) is 0. The van der Waals surface area contributed by atoms with E-state index in [1.54, 1.807) is 34.1 Å². The van der Waals surface area contributed by atoms with Gasteiger partial charge in [0, 0.05) is 60.6 Å². The minimum atomic E-state index is -0.287. The Morgan fingerprint density at radius 1 is 0.611 bits per heavy atom. The van der Waals surface area contributed by atoms with Crippen molar-refractivity contribution < 1.29 is 24.6 Å². The number of aromatic hydroxyl groups is 2. The number of hydrogen-bond donors (Lipinski definition) is 2. The SMILES string of the molecule is O=C1c2cc(O)c(C=CC(=O)N3CCCCC3)cc2-c2cc(C=CC(=O)N3CCCCC3)c(O)cc21. The molecule has 2 aliphatic heterocycles. The normalized spacial score (nSPS) is 17.6. The molecule has 0 atom stereocenters. The molecule has 0 bridgehead atoms. The van der Waals surface area contributed by atoms with Crippen molar-refractivity contribution >= 4 is 29.7 Å². The summed E-state index contributed by atoms with van der Waals surface area (Å²) >= 11 is 0. The average Bonchev–Trinajstić information content (AvgIpc) is 3.16. The lowest BCUT2D eigenvalue weighted by Crippen LogP contribution is -2.34. The predicted octanol–water partition coefficient (Wildman–Crippen LogP) is 4.36. The summed E-state index contributed by atoms with van der Waals surface area (Å²) in [5.41, 5.74) is 2.79. The van der Waals surface area contributed by atoms with Gasteiger partial charge in [-0.1, -0.05) is 0 Å². The minimum absolute atomic E-state index is 0.0888. The molecule has 2 amide bonds. The van der Waals surface area contributed by atoms with Gasteiger partial charge in [-0.25, -0.2) is 0 Å². The largest absolute Gasteiger partial charge is 0.507 e. The van der Waals surface area contributed by atoms with Gasteiger partial charge in [0.25, 0.3) is 0 Å². The molecule has 7 heteroatoms. The molecule has 2 N–H and O–H groups in total. The fraction of sp³-hybridized carbons (Fsp3) is 0.345. The Morgan fingerprint density at radius 3 is 1.39 bits per heavy atom. The zero-order chi connectivity index (χ0) is 25.2. The van der Waals surface area contributed by atoms with Crippen LogP contribution in [0.5, 0.6) is 11.5 Å². The van der Waals surface area contributed by atoms with Crippen molar-refractivity contribution in [1.82, 2.24) is 9.80 Å². The molecule has 7 nitrogen and oxygen atoms in total. The van der Waals surface area contributed by atoms with Gasteiger partial charge in [-0.15, -0.1) is 0 Å². The van der Waals surface area contributed by atoms with Crippen molar-refractivity contribution in [3.63, 3.8) is 0 Å². The molecule has 2 aromatic carbocycles. The van der Waals surface area contributed by atoms with E-state index in [1.807, 2.05) is 0 Å². The van der Waals surface area contributed by atoms with E-state index in [-0.39, 0.29) is 29.1 Å². The number of nitrogens with zero attached hydrogens (tertiary/aromatic N) is 2. The van der Waals surface area contributed by atoms with Crippen LogP contribution in [0.3, 0.4) is 0 Å². The van der Waals surface area contributed by atoms with Crippen LogP contribution in [0.15, 0.2) is 36.4 Å². The molecular weight excluding hydrogens is 456 g/mol. The molecule has 3 aliphatic rings. The topological polar surface area (TPSA) is 98.2 Å². The van der Waals surface area contributed by atoms with Gasteiger partial charge in [-0.2, -0.15) is 0 Å². The Balaban J connectivity index is 1.43. The van der Waals surface area contributed by atoms with Crippen LogP contribution in [0, 0.1) is 0 Å². The van der Waals surface area contributed by atoms with Crippen molar-refractivity contribution in [2.24, 2.45) is 0 Å². The van der Waals surface area contributed by atoms with Gasteiger partial charge in [-0.05, 0) is 86.1 Å². The molecule has 0 saturated carbocycles. The lowest BCUT2D eigenvalue weighted by atomic mass is 9.99. The average molecular weight is 487 g/mol. The summed E-state index contributed by atoms with van der Waals surface area (Å²) in [5, 5.41) is 21.1. The number of likely N-dealkylation sites (tertiary alicyclic amines) is 2. The molecular formula is C29H30N2O5. The second-order valence-corrected chi connectivity index (χ2v) is 9.68. The van der Waals surface area contributed by atoms with Crippen molar-refractivity contribution in [2.45, 2.75) is 38.5 Å². The van der Waals surface area contributed by atoms with Gasteiger partial charge in [0.15, 0.2) is 5.78 Å². The smallest absolute Gasteiger partial charge is 0.246 e. The number of hydrogen-bond acceptors (Lipinski definition) is 5. The van der Waals surface area contributed by atoms with E-state index in [0.717, 1.165) is 64.7 Å². The molecule has 1 aliphatic carbocycles. The van der Waals surface area contributed by atoms with Gasteiger partial charge in [0.1, 0.15) is 11.5 Å². The first kappa shape index (κ1) is 23.9. The highest BCUT2D eigenvalue weighted by Gasteiger charge is 2.29. The van der Waals surface area contributed by atoms with E-state index in [9.17, 15) is 24.6 Å². The van der Waals surface area contributed by atoms with Crippen LogP contribution < -0.4 is 0 Å². The standard InChI is InChI=1S/C29H30N2O5/c32-25-17-23-21(15-19(25)7-9-27(34)30-11-3-1-4-12-30)22-16-20(26(33)18-24(22)29(23)36)8-10-28(35)31-13-5-2-6-14-31/h7-10,15-18,32-33H,1-6,11-14H2. The highest BCUT2D eigenvalue weighted by molar-refractivity contribution is 6.22. The van der Waals surface area contributed by atoms with Gasteiger partial charge in [-0.3, -0.25) is 14.4 Å². The lowest BCUT2D eigenvalue weighted by Gasteiger charge is -2.25. The highest BCUT2D eigenvalue weighted by Crippen LogP contribution is 2.42. The third-order valence-corrected chi connectivity index (χ3v) is 7.26. The molecule has 2 aromatic rings. The summed E-state index contributed by atoms with van der Waals surface area (Å²) in [4.78, 5) is 41.6. The molecule has 36 heavy (non-hydrogen) atoms. The Hall–Kier alpha value is -3.87. The van der Waals surface area contributed by atoms with Crippen LogP contribution >= 0.6 is 0 Å². The van der Waals surface area contributed by atoms with E-state index in [4.69, 9.17) is 0 Å². The van der Waals surface area contributed by atoms with Crippen LogP contribution in [-0.4, -0.2) is 63.8 Å². The molecule has 0 aromatic heterocycles. The van der Waals surface area contributed by atoms with Crippen LogP contribution in [-0.2, 0) is 9.59 Å². The molecule has 2 heterocycles. The quantitative estimate of drug-likeness (QED) is 0.534. The van der Waals surface area contributed by atoms with Gasteiger partial charge >= 0.3 is 0 Å². The minimum Gasteiger partial charge on any atom is -0.507 e. The first-order valence-electron chi connectivity index (χ1n) is 12.7. The number of ketones is 1. The Kier molecular flexibility index (Phi) is 6.63. The predicted molar refractivity (Wildman–Crippen MR) is 138 cm³/mol. The summed E-state index contributed by atoms with van der Waals surface area (Å²) in [5.74, 6) is -0.655. The number of piperidine rings is 2. The molecule has 2 saturated heterocycles. The number of phenols is 2. The second kappa shape index (κ2) is 10.0. The summed E-state index contributed by atoms with van der Waals surface area (Å²) in [6.07, 6.45) is 12.3. The molecule has 0 spiro atoms. The fourth-order valence-corrected chi connectivity index (χ4v) is 5.21. The first-order valence-corrected chi connectivity index (χ1v) is 12.7.